The van der Waals surface area contributed by atoms with Crippen LogP contribution < -0.4 is 5.73 Å². The second-order valence-electron chi connectivity index (χ2n) is 3.61. The van der Waals surface area contributed by atoms with Crippen molar-refractivity contribution < 1.29 is 4.74 Å². The third kappa shape index (κ3) is 4.50. The molecule has 17 heavy (non-hydrogen) atoms. The molecular weight excluding hydrogens is 333 g/mol. The largest absolute Gasteiger partial charge is 0.378 e. The first kappa shape index (κ1) is 14.2. The first-order valence-corrected chi connectivity index (χ1v) is 5.46. The summed E-state index contributed by atoms with van der Waals surface area (Å²) in [6.07, 6.45) is 3.68. The first-order chi connectivity index (χ1) is 7.86. The van der Waals surface area contributed by atoms with Gasteiger partial charge in [0.15, 0.2) is 5.96 Å². The van der Waals surface area contributed by atoms with Crippen molar-refractivity contribution in [3.63, 3.8) is 0 Å². The molecule has 0 spiro atoms. The van der Waals surface area contributed by atoms with Gasteiger partial charge in [-0.05, 0) is 6.07 Å². The van der Waals surface area contributed by atoms with Gasteiger partial charge in [-0.3, -0.25) is 9.67 Å². The van der Waals surface area contributed by atoms with Crippen LogP contribution in [0.2, 0.25) is 0 Å². The quantitative estimate of drug-likeness (QED) is 0.478. The van der Waals surface area contributed by atoms with Gasteiger partial charge < -0.3 is 15.4 Å². The zero-order chi connectivity index (χ0) is 11.2. The van der Waals surface area contributed by atoms with Crippen LogP contribution in [0, 0.1) is 0 Å². The number of guanidine groups is 1. The van der Waals surface area contributed by atoms with Gasteiger partial charge in [-0.15, -0.1) is 24.0 Å². The van der Waals surface area contributed by atoms with Crippen molar-refractivity contribution in [2.75, 3.05) is 32.8 Å². The molecule has 2 heterocycles. The molecular formula is C10H18IN5O. The monoisotopic (exact) mass is 351 g/mol. The molecule has 0 amide bonds. The van der Waals surface area contributed by atoms with E-state index in [1.807, 2.05) is 21.8 Å². The number of nitrogens with zero attached hydrogens (tertiary/aromatic N) is 4. The second-order valence-corrected chi connectivity index (χ2v) is 3.61. The minimum absolute atomic E-state index is 0. The Kier molecular flexibility index (Phi) is 6.27. The molecule has 0 bridgehead atoms. The molecule has 0 unspecified atom stereocenters. The summed E-state index contributed by atoms with van der Waals surface area (Å²) in [4.78, 5) is 6.37. The van der Waals surface area contributed by atoms with Crippen molar-refractivity contribution in [3.05, 3.63) is 18.5 Å². The molecule has 2 rings (SSSR count). The van der Waals surface area contributed by atoms with Gasteiger partial charge in [-0.25, -0.2) is 0 Å². The average molecular weight is 351 g/mol. The molecule has 7 heteroatoms. The smallest absolute Gasteiger partial charge is 0.191 e. The van der Waals surface area contributed by atoms with Crippen molar-refractivity contribution in [2.24, 2.45) is 10.7 Å². The van der Waals surface area contributed by atoms with E-state index in [0.717, 1.165) is 32.8 Å². The number of aliphatic imine (C=N–C) groups is 1. The number of morpholine rings is 1. The van der Waals surface area contributed by atoms with Crippen LogP contribution in [-0.4, -0.2) is 53.5 Å². The number of hydrogen-bond donors (Lipinski definition) is 1. The van der Waals surface area contributed by atoms with Crippen LogP contribution in [0.25, 0.3) is 0 Å². The fourth-order valence-corrected chi connectivity index (χ4v) is 1.59. The Morgan fingerprint density at radius 3 is 2.82 bits per heavy atom. The molecule has 0 atom stereocenters. The molecule has 1 fully saturated rings. The summed E-state index contributed by atoms with van der Waals surface area (Å²) in [5.41, 5.74) is 5.88. The lowest BCUT2D eigenvalue weighted by molar-refractivity contribution is 0.0674. The zero-order valence-corrected chi connectivity index (χ0v) is 12.0. The fraction of sp³-hybridized carbons (Fsp3) is 0.600. The van der Waals surface area contributed by atoms with Gasteiger partial charge in [-0.2, -0.15) is 5.10 Å². The Hall–Kier alpha value is -0.830. The normalized spacial score (nSPS) is 16.7. The van der Waals surface area contributed by atoms with Crippen molar-refractivity contribution in [1.82, 2.24) is 14.7 Å². The predicted octanol–water partition coefficient (Wildman–Crippen LogP) is 0.148. The van der Waals surface area contributed by atoms with E-state index in [9.17, 15) is 0 Å². The second kappa shape index (κ2) is 7.49. The first-order valence-electron chi connectivity index (χ1n) is 5.46. The van der Waals surface area contributed by atoms with Crippen LogP contribution in [0.5, 0.6) is 0 Å². The molecule has 1 aliphatic rings. The predicted molar refractivity (Wildman–Crippen MR) is 76.5 cm³/mol. The van der Waals surface area contributed by atoms with Gasteiger partial charge >= 0.3 is 0 Å². The summed E-state index contributed by atoms with van der Waals surface area (Å²) in [6, 6.07) is 1.90. The summed E-state index contributed by atoms with van der Waals surface area (Å²) in [6.45, 7) is 4.54. The van der Waals surface area contributed by atoms with E-state index >= 15 is 0 Å². The highest BCUT2D eigenvalue weighted by Crippen LogP contribution is 1.96. The van der Waals surface area contributed by atoms with Gasteiger partial charge in [0.2, 0.25) is 0 Å². The van der Waals surface area contributed by atoms with Crippen LogP contribution in [0.3, 0.4) is 0 Å². The summed E-state index contributed by atoms with van der Waals surface area (Å²) >= 11 is 0. The highest BCUT2D eigenvalue weighted by molar-refractivity contribution is 14.0. The van der Waals surface area contributed by atoms with Gasteiger partial charge in [-0.1, -0.05) is 0 Å². The fourth-order valence-electron chi connectivity index (χ4n) is 1.59. The number of aromatic nitrogens is 2. The maximum Gasteiger partial charge on any atom is 0.191 e. The molecule has 0 aromatic carbocycles. The molecule has 0 radical (unpaired) electrons. The number of halogens is 1. The minimum Gasteiger partial charge on any atom is -0.378 e. The highest BCUT2D eigenvalue weighted by atomic mass is 127. The molecule has 0 saturated carbocycles. The Balaban J connectivity index is 0.00000144. The maximum absolute atomic E-state index is 5.88. The number of rotatable bonds is 3. The maximum atomic E-state index is 5.88. The standard InChI is InChI=1S/C10H17N5O.HI/c11-10(14-6-8-16-9-7-14)12-3-5-15-4-1-2-13-15;/h1-2,4H,3,5-9H2,(H2,11,12);1H. The molecule has 1 aromatic heterocycles. The van der Waals surface area contributed by atoms with Crippen LogP contribution in [0.1, 0.15) is 0 Å². The summed E-state index contributed by atoms with van der Waals surface area (Å²) < 4.78 is 7.09. The Bertz CT molecular complexity index is 334. The molecule has 1 aliphatic heterocycles. The van der Waals surface area contributed by atoms with Crippen molar-refractivity contribution in [3.8, 4) is 0 Å². The summed E-state index contributed by atoms with van der Waals surface area (Å²) in [5, 5.41) is 4.10. The molecule has 1 aromatic rings. The molecule has 6 nitrogen and oxygen atoms in total. The van der Waals surface area contributed by atoms with E-state index in [0.29, 0.717) is 12.5 Å². The average Bonchev–Trinajstić information content (AvgIpc) is 2.83. The van der Waals surface area contributed by atoms with Crippen molar-refractivity contribution in [2.45, 2.75) is 6.54 Å². The van der Waals surface area contributed by atoms with E-state index in [4.69, 9.17) is 10.5 Å². The van der Waals surface area contributed by atoms with Gasteiger partial charge in [0.1, 0.15) is 0 Å². The van der Waals surface area contributed by atoms with Crippen LogP contribution >= 0.6 is 24.0 Å². The third-order valence-corrected chi connectivity index (χ3v) is 2.50. The van der Waals surface area contributed by atoms with E-state index in [-0.39, 0.29) is 24.0 Å². The SMILES string of the molecule is I.NC(=NCCn1cccn1)N1CCOCC1. The lowest BCUT2D eigenvalue weighted by atomic mass is 10.4. The van der Waals surface area contributed by atoms with E-state index in [1.165, 1.54) is 0 Å². The number of hydrogen-bond acceptors (Lipinski definition) is 3. The van der Waals surface area contributed by atoms with Gasteiger partial charge in [0.05, 0.1) is 26.3 Å². The summed E-state index contributed by atoms with van der Waals surface area (Å²) in [7, 11) is 0. The van der Waals surface area contributed by atoms with Crippen LogP contribution in [0.15, 0.2) is 23.5 Å². The van der Waals surface area contributed by atoms with Crippen LogP contribution in [-0.2, 0) is 11.3 Å². The van der Waals surface area contributed by atoms with Gasteiger partial charge in [0, 0.05) is 25.5 Å². The Labute approximate surface area is 118 Å². The van der Waals surface area contributed by atoms with E-state index in [2.05, 4.69) is 10.1 Å². The Morgan fingerprint density at radius 1 is 1.41 bits per heavy atom. The molecule has 0 aliphatic carbocycles. The van der Waals surface area contributed by atoms with Crippen molar-refractivity contribution >= 4 is 29.9 Å². The minimum atomic E-state index is 0. The van der Waals surface area contributed by atoms with Gasteiger partial charge in [0.25, 0.3) is 0 Å². The van der Waals surface area contributed by atoms with E-state index in [1.54, 1.807) is 6.20 Å². The number of nitrogens with two attached hydrogens (primary N) is 1. The lowest BCUT2D eigenvalue weighted by Crippen LogP contribution is -2.44. The van der Waals surface area contributed by atoms with E-state index < -0.39 is 0 Å². The lowest BCUT2D eigenvalue weighted by Gasteiger charge is -2.27. The highest BCUT2D eigenvalue weighted by Gasteiger charge is 2.11. The van der Waals surface area contributed by atoms with Crippen LogP contribution in [0.4, 0.5) is 0 Å². The molecule has 1 saturated heterocycles. The zero-order valence-electron chi connectivity index (χ0n) is 9.66. The Morgan fingerprint density at radius 2 is 2.18 bits per heavy atom. The third-order valence-electron chi connectivity index (χ3n) is 2.50. The molecule has 2 N–H and O–H groups in total. The molecule has 96 valence electrons. The topological polar surface area (TPSA) is 68.7 Å². The van der Waals surface area contributed by atoms with Crippen molar-refractivity contribution in [1.29, 1.82) is 0 Å². The summed E-state index contributed by atoms with van der Waals surface area (Å²) in [5.74, 6) is 0.607. The number of ether oxygens (including phenoxy) is 1.